The van der Waals surface area contributed by atoms with Gasteiger partial charge in [-0.3, -0.25) is 19.8 Å². The fourth-order valence-electron chi connectivity index (χ4n) is 17.5. The molecular formula is C119H89Br4ClN8O3. The van der Waals surface area contributed by atoms with Crippen LogP contribution in [-0.4, -0.2) is 53.2 Å². The minimum atomic E-state index is 0. The monoisotopic (exact) mass is 2030 g/mol. The first-order valence-electron chi connectivity index (χ1n) is 44.4. The van der Waals surface area contributed by atoms with Gasteiger partial charge >= 0.3 is 0 Å². The van der Waals surface area contributed by atoms with Crippen molar-refractivity contribution in [3.8, 4) is 73.4 Å². The van der Waals surface area contributed by atoms with Crippen LogP contribution in [0.4, 0.5) is 0 Å². The molecule has 0 aliphatic heterocycles. The van der Waals surface area contributed by atoms with Gasteiger partial charge in [0.25, 0.3) is 0 Å². The van der Waals surface area contributed by atoms with Crippen molar-refractivity contribution in [1.82, 2.24) is 29.5 Å². The van der Waals surface area contributed by atoms with Crippen LogP contribution in [0.2, 0.25) is 0 Å². The van der Waals surface area contributed by atoms with Crippen molar-refractivity contribution in [2.45, 2.75) is 44.9 Å². The number of nitrogen functional groups attached to an aromatic ring is 1. The van der Waals surface area contributed by atoms with Crippen LogP contribution in [0.5, 0.6) is 0 Å². The number of nitrogens with zero attached hydrogens (tertiary/aromatic N) is 5. The van der Waals surface area contributed by atoms with E-state index in [1.165, 1.54) is 93.6 Å². The summed E-state index contributed by atoms with van der Waals surface area (Å²) in [6.45, 7) is 0. The number of carbonyl (C=O) groups excluding carboxylic acids is 3. The summed E-state index contributed by atoms with van der Waals surface area (Å²) in [6, 6.07) is 140. The van der Waals surface area contributed by atoms with Gasteiger partial charge in [-0.2, -0.15) is 0 Å². The van der Waals surface area contributed by atoms with E-state index in [4.69, 9.17) is 31.1 Å². The lowest BCUT2D eigenvalue weighted by Gasteiger charge is -2.22. The third kappa shape index (κ3) is 21.6. The van der Waals surface area contributed by atoms with Crippen LogP contribution in [0.15, 0.2) is 436 Å². The first-order valence-corrected chi connectivity index (χ1v) is 47.6. The Kier molecular flexibility index (Phi) is 29.7. The molecule has 658 valence electrons. The maximum absolute atomic E-state index is 12.4. The minimum Gasteiger partial charge on any atom is -0.384 e. The van der Waals surface area contributed by atoms with E-state index >= 15 is 0 Å². The van der Waals surface area contributed by atoms with E-state index in [2.05, 4.69) is 304 Å². The normalized spacial score (nSPS) is 12.3. The molecule has 16 heteroatoms. The lowest BCUT2D eigenvalue weighted by Crippen LogP contribution is -2.13. The standard InChI is InChI=1S/C30H20N2.C24H17BrN2.C24H15BrN2.C17H13BrO.C10H10O.C7H5BrO.C7H8N2.ClH/c1-2-8-22(9-3-1)32-29-13-7-5-11-25(29)26-18-20(15-17-30(26)32)21-14-16-24-23-10-4-6-12-27(23)31-28(24)19-21;2*25-19-11-6-10-18(15-19)22-21-14-13-16-7-4-5-12-20(16)23(21)27-24(26-22)17-8-2-1-3-9-17;18-15-6-3-4-12(11-15)10-14-9-8-13-5-1-2-7-16(13)17(14)19;11-10-7-3-5-8-4-1-2-6-9(8)10;8-7-3-1-2-6(4-7)5-9;8-7(9)6-4-2-1-3-5-6;/h1-19,31H;1-12,15H,13-14H2;1-15H;1-7,10-11H,8-9H2;1-2,4,6H,3,5,7H2;1-5H;1-5H,(H3,8,9);1H/b;;;14-10+;;;;. The lowest BCUT2D eigenvalue weighted by atomic mass is 9.86. The van der Waals surface area contributed by atoms with Gasteiger partial charge in [0.1, 0.15) is 12.1 Å². The molecule has 0 saturated carbocycles. The number of H-pyrrole nitrogens is 1. The molecule has 17 aromatic carbocycles. The van der Waals surface area contributed by atoms with E-state index in [1.54, 1.807) is 12.1 Å². The van der Waals surface area contributed by atoms with Crippen molar-refractivity contribution in [3.63, 3.8) is 0 Å². The molecule has 21 aromatic rings. The van der Waals surface area contributed by atoms with Crippen LogP contribution in [-0.2, 0) is 25.7 Å². The molecule has 0 amide bonds. The highest BCUT2D eigenvalue weighted by Crippen LogP contribution is 2.42. The Labute approximate surface area is 823 Å². The summed E-state index contributed by atoms with van der Waals surface area (Å²) in [5, 5.41) is 15.5. The van der Waals surface area contributed by atoms with E-state index in [-0.39, 0.29) is 24.0 Å². The van der Waals surface area contributed by atoms with Gasteiger partial charge in [-0.05, 0) is 180 Å². The number of aromatic nitrogens is 6. The van der Waals surface area contributed by atoms with Crippen LogP contribution < -0.4 is 5.73 Å². The summed E-state index contributed by atoms with van der Waals surface area (Å²) in [7, 11) is 0. The van der Waals surface area contributed by atoms with E-state index in [9.17, 15) is 14.4 Å². The topological polar surface area (TPSA) is 173 Å². The van der Waals surface area contributed by atoms with Crippen LogP contribution in [0, 0.1) is 5.41 Å². The molecule has 4 heterocycles. The molecule has 4 aromatic heterocycles. The molecule has 135 heavy (non-hydrogen) atoms. The van der Waals surface area contributed by atoms with Gasteiger partial charge in [-0.25, -0.2) is 19.9 Å². The van der Waals surface area contributed by atoms with Gasteiger partial charge in [0.2, 0.25) is 0 Å². The van der Waals surface area contributed by atoms with Crippen molar-refractivity contribution in [3.05, 3.63) is 486 Å². The highest BCUT2D eigenvalue weighted by atomic mass is 79.9. The minimum absolute atomic E-state index is 0. The summed E-state index contributed by atoms with van der Waals surface area (Å²) in [5.74, 6) is 2.12. The first kappa shape index (κ1) is 92.3. The summed E-state index contributed by atoms with van der Waals surface area (Å²) < 4.78 is 6.42. The molecular weight excluding hydrogens is 1940 g/mol. The predicted octanol–water partition coefficient (Wildman–Crippen LogP) is 31.8. The number of nitrogens with two attached hydrogens (primary N) is 1. The molecule has 0 fully saturated rings. The second-order valence-corrected chi connectivity index (χ2v) is 36.3. The zero-order valence-electron chi connectivity index (χ0n) is 73.3. The van der Waals surface area contributed by atoms with Crippen molar-refractivity contribution < 1.29 is 14.4 Å². The molecule has 11 nitrogen and oxygen atoms in total. The number of para-hydroxylation sites is 3. The smallest absolute Gasteiger partial charge is 0.189 e. The SMILES string of the molecule is Brc1cccc(-c2nc(-c3ccccc3)nc3c2CCc2ccccc2-3)c1.Brc1cccc(-c2nc(-c3ccccc3)nc3c2ccc2ccccc23)c1.Cl.N=C(N)c1ccccc1.O=C1/C(=C/c2cccc(Br)c2)CCc2ccccc21.O=C1CCCc2ccccc21.O=Cc1cccc(Br)c1.c1ccc(-n2c3ccccc3c3cc(-c4ccc5c(c4)[nH]c4ccccc45)ccc32)cc1. The Morgan fingerprint density at radius 2 is 0.830 bits per heavy atom. The van der Waals surface area contributed by atoms with Gasteiger partial charge in [0, 0.05) is 135 Å². The fraction of sp³-hybridized carbons (Fsp3) is 0.0588. The van der Waals surface area contributed by atoms with E-state index < -0.39 is 0 Å². The molecule has 0 radical (unpaired) electrons. The van der Waals surface area contributed by atoms with Crippen molar-refractivity contribution in [2.24, 2.45) is 5.73 Å². The van der Waals surface area contributed by atoms with E-state index in [0.29, 0.717) is 11.3 Å². The second-order valence-electron chi connectivity index (χ2n) is 32.7. The molecule has 0 atom stereocenters. The van der Waals surface area contributed by atoms with Gasteiger partial charge < -0.3 is 15.3 Å². The van der Waals surface area contributed by atoms with Crippen LogP contribution in [0.1, 0.15) is 83.7 Å². The van der Waals surface area contributed by atoms with E-state index in [1.807, 2.05) is 176 Å². The second kappa shape index (κ2) is 43.4. The van der Waals surface area contributed by atoms with Crippen molar-refractivity contribution in [1.29, 1.82) is 5.41 Å². The Hall–Kier alpha value is -14.6. The molecule has 24 rings (SSSR count). The number of carbonyl (C=O) groups is 3. The number of aldehydes is 1. The zero-order valence-corrected chi connectivity index (χ0v) is 80.5. The Morgan fingerprint density at radius 1 is 0.348 bits per heavy atom. The number of hydrogen-bond donors (Lipinski definition) is 3. The molecule has 0 saturated heterocycles. The van der Waals surface area contributed by atoms with E-state index in [0.717, 1.165) is 164 Å². The van der Waals surface area contributed by atoms with Crippen molar-refractivity contribution in [2.75, 3.05) is 0 Å². The number of benzene rings is 17. The molecule has 0 unspecified atom stereocenters. The van der Waals surface area contributed by atoms with Crippen LogP contribution >= 0.6 is 76.1 Å². The number of aryl methyl sites for hydroxylation is 3. The number of hydrogen-bond acceptors (Lipinski definition) is 8. The number of nitrogens with one attached hydrogen (secondary N) is 2. The molecule has 3 aliphatic rings. The number of halogens is 5. The number of rotatable bonds is 9. The molecule has 3 aliphatic carbocycles. The Morgan fingerprint density at radius 3 is 1.47 bits per heavy atom. The number of allylic oxidation sites excluding steroid dienone is 1. The Balaban J connectivity index is 0.000000114. The summed E-state index contributed by atoms with van der Waals surface area (Å²) >= 11 is 13.9. The van der Waals surface area contributed by atoms with Crippen molar-refractivity contribution >= 4 is 171 Å². The van der Waals surface area contributed by atoms with Gasteiger partial charge in [-0.15, -0.1) is 12.4 Å². The fourth-order valence-corrected chi connectivity index (χ4v) is 19.1. The molecule has 4 N–H and O–H groups in total. The number of amidine groups is 1. The number of fused-ring (bicyclic) bond motifs is 14. The van der Waals surface area contributed by atoms with Gasteiger partial charge in [-0.1, -0.05) is 379 Å². The third-order valence-corrected chi connectivity index (χ3v) is 25.9. The van der Waals surface area contributed by atoms with Gasteiger partial charge in [0.15, 0.2) is 23.2 Å². The predicted molar refractivity (Wildman–Crippen MR) is 574 cm³/mol. The maximum Gasteiger partial charge on any atom is 0.189 e. The third-order valence-electron chi connectivity index (χ3n) is 23.9. The maximum atomic E-state index is 12.4. The number of Topliss-reactive ketones (excluding diaryl/α,β-unsaturated/α-hetero) is 2. The average molecular weight is 2030 g/mol. The van der Waals surface area contributed by atoms with Crippen LogP contribution in [0.25, 0.3) is 145 Å². The summed E-state index contributed by atoms with van der Waals surface area (Å²) in [5.41, 5.74) is 33.4. The van der Waals surface area contributed by atoms with Crippen LogP contribution in [0.3, 0.4) is 0 Å². The summed E-state index contributed by atoms with van der Waals surface area (Å²) in [6.07, 6.45) is 9.41. The number of aromatic amines is 1. The lowest BCUT2D eigenvalue weighted by molar-refractivity contribution is 0.0971. The largest absolute Gasteiger partial charge is 0.384 e. The average Bonchev–Trinajstić information content (AvgIpc) is 1.63. The highest BCUT2D eigenvalue weighted by Gasteiger charge is 2.26. The quantitative estimate of drug-likeness (QED) is 0.0421. The zero-order chi connectivity index (χ0) is 91.8. The molecule has 0 bridgehead atoms. The van der Waals surface area contributed by atoms with Gasteiger partial charge in [0.05, 0.1) is 33.6 Å². The summed E-state index contributed by atoms with van der Waals surface area (Å²) in [4.78, 5) is 57.4. The number of ketones is 2. The first-order chi connectivity index (χ1) is 65.7. The Bertz CT molecular complexity index is 7970. The highest BCUT2D eigenvalue weighted by molar-refractivity contribution is 9.11. The molecule has 0 spiro atoms.